The van der Waals surface area contributed by atoms with Gasteiger partial charge in [-0.25, -0.2) is 15.8 Å². The van der Waals surface area contributed by atoms with Crippen molar-refractivity contribution in [2.24, 2.45) is 10.8 Å². The van der Waals surface area contributed by atoms with Crippen LogP contribution in [0.3, 0.4) is 0 Å². The minimum Gasteiger partial charge on any atom is -0.493 e. The first-order valence-corrected chi connectivity index (χ1v) is 14.3. The summed E-state index contributed by atoms with van der Waals surface area (Å²) in [5, 5.41) is 1.25. The van der Waals surface area contributed by atoms with E-state index in [2.05, 4.69) is 5.43 Å². The van der Waals surface area contributed by atoms with E-state index in [1.807, 2.05) is 50.2 Å². The fourth-order valence-electron chi connectivity index (χ4n) is 4.39. The number of methoxy groups -OCH3 is 2. The number of carbonyl (C=O) groups is 1. The Morgan fingerprint density at radius 2 is 2.00 bits per heavy atom. The molecule has 1 aliphatic heterocycles. The number of aryl methyl sites for hydroxylation is 2. The summed E-state index contributed by atoms with van der Waals surface area (Å²) in [6.07, 6.45) is 1.53. The minimum atomic E-state index is -0.200. The van der Waals surface area contributed by atoms with Gasteiger partial charge >= 0.3 is 5.97 Å². The summed E-state index contributed by atoms with van der Waals surface area (Å²) in [6, 6.07) is 11.5. The fraction of sp³-hybridized carbons (Fsp3) is 0.370. The van der Waals surface area contributed by atoms with Crippen LogP contribution in [0.2, 0.25) is 5.02 Å². The largest absolute Gasteiger partial charge is 0.493 e. The summed E-state index contributed by atoms with van der Waals surface area (Å²) in [5.41, 5.74) is 6.43. The lowest BCUT2D eigenvalue weighted by Crippen LogP contribution is -2.38. The van der Waals surface area contributed by atoms with E-state index in [0.717, 1.165) is 32.4 Å². The highest BCUT2D eigenvalue weighted by Gasteiger charge is 2.33. The third-order valence-corrected chi connectivity index (χ3v) is 9.11. The van der Waals surface area contributed by atoms with Gasteiger partial charge in [-0.3, -0.25) is 4.79 Å². The van der Waals surface area contributed by atoms with Gasteiger partial charge in [0.15, 0.2) is 11.5 Å². The molecule has 0 spiro atoms. The number of halogens is 1. The maximum atomic E-state index is 11.9. The normalized spacial score (nSPS) is 16.7. The number of ether oxygens (including phenoxy) is 3. The summed E-state index contributed by atoms with van der Waals surface area (Å²) in [6.45, 7) is 4.16. The second-order valence-corrected chi connectivity index (χ2v) is 11.5. The standard InChI is InChI=1S/C27H31ClN4O4S2/c1-5-36-24(33)12-11-21-15(2)30-23(37-21)14-22-27(32-29)31-19-10-9-16(28)13-18(19)26(38-22)17-7-6-8-20(34-3)25(17)35-4/h6-10,13,22,26H,5,11-12,14,29H2,1-4H3,(H,31,32). The lowest BCUT2D eigenvalue weighted by molar-refractivity contribution is -0.143. The predicted octanol–water partition coefficient (Wildman–Crippen LogP) is 5.56. The van der Waals surface area contributed by atoms with Gasteiger partial charge in [0.1, 0.15) is 5.84 Å². The van der Waals surface area contributed by atoms with Crippen LogP contribution < -0.4 is 20.7 Å². The molecule has 4 rings (SSSR count). The lowest BCUT2D eigenvalue weighted by Gasteiger charge is -2.24. The maximum absolute atomic E-state index is 11.9. The van der Waals surface area contributed by atoms with Crippen molar-refractivity contribution in [3.63, 3.8) is 0 Å². The average Bonchev–Trinajstić information content (AvgIpc) is 3.19. The number of nitrogens with zero attached hydrogens (tertiary/aromatic N) is 2. The molecular formula is C27H31ClN4O4S2. The molecule has 2 unspecified atom stereocenters. The summed E-state index contributed by atoms with van der Waals surface area (Å²) < 4.78 is 16.5. The Morgan fingerprint density at radius 1 is 1.18 bits per heavy atom. The van der Waals surface area contributed by atoms with Crippen molar-refractivity contribution in [3.05, 3.63) is 68.1 Å². The smallest absolute Gasteiger partial charge is 0.306 e. The molecule has 1 aromatic heterocycles. The van der Waals surface area contributed by atoms with Gasteiger partial charge in [0, 0.05) is 21.9 Å². The van der Waals surface area contributed by atoms with Crippen LogP contribution >= 0.6 is 34.7 Å². The van der Waals surface area contributed by atoms with Crippen molar-refractivity contribution < 1.29 is 19.0 Å². The summed E-state index contributed by atoms with van der Waals surface area (Å²) in [4.78, 5) is 22.7. The second kappa shape index (κ2) is 12.8. The molecule has 0 bridgehead atoms. The molecule has 0 aliphatic carbocycles. The number of hydrogen-bond acceptors (Lipinski definition) is 10. The number of para-hydroxylation sites is 1. The van der Waals surface area contributed by atoms with Gasteiger partial charge in [0.05, 0.1) is 54.1 Å². The third kappa shape index (κ3) is 6.26. The molecule has 2 heterocycles. The number of benzene rings is 2. The van der Waals surface area contributed by atoms with Gasteiger partial charge in [0.2, 0.25) is 0 Å². The number of hydrogen-bond donors (Lipinski definition) is 2. The number of esters is 1. The Bertz CT molecular complexity index is 1330. The lowest BCUT2D eigenvalue weighted by atomic mass is 10.0. The Labute approximate surface area is 235 Å². The zero-order valence-electron chi connectivity index (χ0n) is 21.7. The summed E-state index contributed by atoms with van der Waals surface area (Å²) in [5.74, 6) is 7.75. The molecule has 0 saturated heterocycles. The van der Waals surface area contributed by atoms with Crippen LogP contribution in [0.1, 0.15) is 45.3 Å². The zero-order chi connectivity index (χ0) is 27.2. The fourth-order valence-corrected chi connectivity index (χ4v) is 7.29. The summed E-state index contributed by atoms with van der Waals surface area (Å²) >= 11 is 9.75. The quantitative estimate of drug-likeness (QED) is 0.194. The van der Waals surface area contributed by atoms with Gasteiger partial charge < -0.3 is 19.6 Å². The maximum Gasteiger partial charge on any atom is 0.306 e. The van der Waals surface area contributed by atoms with Gasteiger partial charge in [-0.05, 0) is 50.1 Å². The number of carbonyl (C=O) groups excluding carboxylic acids is 1. The number of rotatable bonds is 9. The van der Waals surface area contributed by atoms with E-state index >= 15 is 0 Å². The number of nitrogens with two attached hydrogens (primary N) is 1. The van der Waals surface area contributed by atoms with Gasteiger partial charge in [0.25, 0.3) is 0 Å². The van der Waals surface area contributed by atoms with Crippen molar-refractivity contribution in [2.45, 2.75) is 43.6 Å². The van der Waals surface area contributed by atoms with Crippen LogP contribution in [0.15, 0.2) is 41.4 Å². The third-order valence-electron chi connectivity index (χ3n) is 6.14. The number of amidine groups is 1. The molecular weight excluding hydrogens is 544 g/mol. The van der Waals surface area contributed by atoms with Gasteiger partial charge in [-0.15, -0.1) is 23.1 Å². The number of nitrogens with one attached hydrogen (secondary N) is 1. The molecule has 3 aromatic rings. The SMILES string of the molecule is CCOC(=O)CCc1sc(CC2SC(c3cccc(OC)c3OC)c3cc(Cl)ccc3N=C2NN)nc1C. The molecule has 8 nitrogen and oxygen atoms in total. The molecule has 38 heavy (non-hydrogen) atoms. The van der Waals surface area contributed by atoms with E-state index in [9.17, 15) is 4.79 Å². The molecule has 202 valence electrons. The van der Waals surface area contributed by atoms with Gasteiger partial charge in [-0.2, -0.15) is 0 Å². The van der Waals surface area contributed by atoms with Crippen molar-refractivity contribution in [2.75, 3.05) is 20.8 Å². The minimum absolute atomic E-state index is 0.143. The Balaban J connectivity index is 1.70. The number of aromatic nitrogens is 1. The first kappa shape index (κ1) is 28.2. The molecule has 0 radical (unpaired) electrons. The topological polar surface area (TPSA) is 108 Å². The first-order chi connectivity index (χ1) is 18.4. The number of thioether (sulfide) groups is 1. The molecule has 2 aromatic carbocycles. The molecule has 1 aliphatic rings. The van der Waals surface area contributed by atoms with Crippen molar-refractivity contribution in [3.8, 4) is 11.5 Å². The van der Waals surface area contributed by atoms with Crippen LogP contribution in [0.25, 0.3) is 0 Å². The van der Waals surface area contributed by atoms with E-state index in [-0.39, 0.29) is 16.5 Å². The Hall–Kier alpha value is -2.79. The van der Waals surface area contributed by atoms with Crippen molar-refractivity contribution >= 4 is 52.2 Å². The zero-order valence-corrected chi connectivity index (χ0v) is 24.1. The van der Waals surface area contributed by atoms with E-state index in [1.54, 1.807) is 37.3 Å². The highest BCUT2D eigenvalue weighted by molar-refractivity contribution is 8.01. The highest BCUT2D eigenvalue weighted by atomic mass is 35.5. The molecule has 3 N–H and O–H groups in total. The number of aliphatic imine (C=N–C) groups is 1. The van der Waals surface area contributed by atoms with E-state index in [0.29, 0.717) is 48.2 Å². The predicted molar refractivity (Wildman–Crippen MR) is 154 cm³/mol. The van der Waals surface area contributed by atoms with Crippen LogP contribution in [-0.4, -0.2) is 42.9 Å². The average molecular weight is 575 g/mol. The number of fused-ring (bicyclic) bond motifs is 1. The van der Waals surface area contributed by atoms with E-state index in [1.165, 1.54) is 0 Å². The summed E-state index contributed by atoms with van der Waals surface area (Å²) in [7, 11) is 3.26. The molecule has 2 atom stereocenters. The molecule has 0 fully saturated rings. The first-order valence-electron chi connectivity index (χ1n) is 12.2. The van der Waals surface area contributed by atoms with E-state index < -0.39 is 0 Å². The molecule has 11 heteroatoms. The molecule has 0 saturated carbocycles. The van der Waals surface area contributed by atoms with Crippen molar-refractivity contribution in [1.82, 2.24) is 10.4 Å². The second-order valence-electron chi connectivity index (χ2n) is 8.56. The number of thiazole rings is 1. The van der Waals surface area contributed by atoms with Crippen LogP contribution in [0.4, 0.5) is 5.69 Å². The molecule has 0 amide bonds. The highest BCUT2D eigenvalue weighted by Crippen LogP contribution is 2.50. The Morgan fingerprint density at radius 3 is 2.71 bits per heavy atom. The van der Waals surface area contributed by atoms with E-state index in [4.69, 9.17) is 41.6 Å². The van der Waals surface area contributed by atoms with Crippen LogP contribution in [0, 0.1) is 6.92 Å². The number of hydrazine groups is 1. The Kier molecular flexibility index (Phi) is 9.54. The van der Waals surface area contributed by atoms with Gasteiger partial charge in [-0.1, -0.05) is 23.7 Å². The monoisotopic (exact) mass is 574 g/mol. The van der Waals surface area contributed by atoms with Crippen molar-refractivity contribution in [1.29, 1.82) is 0 Å². The van der Waals surface area contributed by atoms with Crippen LogP contribution in [-0.2, 0) is 22.4 Å². The van der Waals surface area contributed by atoms with Crippen LogP contribution in [0.5, 0.6) is 11.5 Å².